The van der Waals surface area contributed by atoms with Gasteiger partial charge in [-0.25, -0.2) is 0 Å². The molecule has 0 radical (unpaired) electrons. The van der Waals surface area contributed by atoms with Crippen LogP contribution in [0.15, 0.2) is 18.2 Å². The molecule has 1 heterocycles. The van der Waals surface area contributed by atoms with Crippen LogP contribution >= 0.6 is 23.4 Å². The Labute approximate surface area is 105 Å². The Kier molecular flexibility index (Phi) is 4.00. The summed E-state index contributed by atoms with van der Waals surface area (Å²) in [6.07, 6.45) is 1.24. The number of halogens is 1. The Morgan fingerprint density at radius 3 is 3.19 bits per heavy atom. The summed E-state index contributed by atoms with van der Waals surface area (Å²) in [4.78, 5) is 0. The predicted octanol–water partition coefficient (Wildman–Crippen LogP) is 2.72. The first-order valence-electron chi connectivity index (χ1n) is 5.43. The van der Waals surface area contributed by atoms with Gasteiger partial charge in [0.1, 0.15) is 11.9 Å². The quantitative estimate of drug-likeness (QED) is 0.901. The number of ether oxygens (including phenoxy) is 1. The van der Waals surface area contributed by atoms with Crippen molar-refractivity contribution in [2.75, 3.05) is 11.5 Å². The Hall–Kier alpha value is -0.380. The topological polar surface area (TPSA) is 35.2 Å². The van der Waals surface area contributed by atoms with E-state index in [1.54, 1.807) is 0 Å². The minimum atomic E-state index is 0.253. The van der Waals surface area contributed by atoms with Crippen molar-refractivity contribution in [1.82, 2.24) is 0 Å². The molecule has 0 aliphatic carbocycles. The number of hydrogen-bond acceptors (Lipinski definition) is 3. The lowest BCUT2D eigenvalue weighted by atomic mass is 10.1. The Bertz CT molecular complexity index is 370. The number of nitrogens with two attached hydrogens (primary N) is 1. The van der Waals surface area contributed by atoms with Gasteiger partial charge < -0.3 is 10.5 Å². The van der Waals surface area contributed by atoms with Gasteiger partial charge in [-0.3, -0.25) is 0 Å². The molecule has 1 aromatic rings. The molecule has 88 valence electrons. The van der Waals surface area contributed by atoms with Crippen molar-refractivity contribution in [2.24, 2.45) is 5.73 Å². The lowest BCUT2D eigenvalue weighted by Crippen LogP contribution is -2.21. The summed E-state index contributed by atoms with van der Waals surface area (Å²) < 4.78 is 5.82. The molecule has 2 unspecified atom stereocenters. The van der Waals surface area contributed by atoms with Gasteiger partial charge in [-0.15, -0.1) is 0 Å². The number of fused-ring (bicyclic) bond motifs is 1. The van der Waals surface area contributed by atoms with Gasteiger partial charge in [-0.1, -0.05) is 11.6 Å². The van der Waals surface area contributed by atoms with Gasteiger partial charge in [0.05, 0.1) is 0 Å². The van der Waals surface area contributed by atoms with Crippen LogP contribution in [0.3, 0.4) is 0 Å². The zero-order valence-corrected chi connectivity index (χ0v) is 10.9. The molecule has 0 amide bonds. The van der Waals surface area contributed by atoms with E-state index in [9.17, 15) is 0 Å². The van der Waals surface area contributed by atoms with E-state index >= 15 is 0 Å². The largest absolute Gasteiger partial charge is 0.489 e. The van der Waals surface area contributed by atoms with Crippen LogP contribution in [-0.4, -0.2) is 23.7 Å². The van der Waals surface area contributed by atoms with E-state index in [4.69, 9.17) is 22.1 Å². The van der Waals surface area contributed by atoms with Crippen molar-refractivity contribution in [3.05, 3.63) is 28.8 Å². The molecule has 4 heteroatoms. The lowest BCUT2D eigenvalue weighted by molar-refractivity contribution is 0.259. The molecule has 2 N–H and O–H groups in total. The summed E-state index contributed by atoms with van der Waals surface area (Å²) >= 11 is 7.79. The summed E-state index contributed by atoms with van der Waals surface area (Å²) in [5.74, 6) is 2.96. The highest BCUT2D eigenvalue weighted by molar-refractivity contribution is 7.99. The van der Waals surface area contributed by atoms with Crippen LogP contribution in [0.5, 0.6) is 5.75 Å². The van der Waals surface area contributed by atoms with Crippen molar-refractivity contribution >= 4 is 23.4 Å². The van der Waals surface area contributed by atoms with Crippen LogP contribution in [0, 0.1) is 0 Å². The van der Waals surface area contributed by atoms with E-state index in [-0.39, 0.29) is 12.1 Å². The van der Waals surface area contributed by atoms with E-state index in [1.807, 2.05) is 36.9 Å². The van der Waals surface area contributed by atoms with Gasteiger partial charge in [-0.2, -0.15) is 11.8 Å². The molecule has 0 aromatic heterocycles. The molecule has 2 rings (SSSR count). The standard InChI is InChI=1S/C12H16ClNOS/c1-8(14)6-16-7-11-5-9-4-10(13)2-3-12(9)15-11/h2-4,8,11H,5-7,14H2,1H3. The third-order valence-electron chi connectivity index (χ3n) is 2.45. The first-order valence-corrected chi connectivity index (χ1v) is 6.97. The molecule has 1 aliphatic heterocycles. The van der Waals surface area contributed by atoms with Gasteiger partial charge in [-0.05, 0) is 30.7 Å². The highest BCUT2D eigenvalue weighted by atomic mass is 35.5. The summed E-state index contributed by atoms with van der Waals surface area (Å²) in [6.45, 7) is 2.02. The van der Waals surface area contributed by atoms with Gasteiger partial charge in [0.15, 0.2) is 0 Å². The monoisotopic (exact) mass is 257 g/mol. The van der Waals surface area contributed by atoms with E-state index in [0.29, 0.717) is 0 Å². The Balaban J connectivity index is 1.86. The average molecular weight is 258 g/mol. The van der Waals surface area contributed by atoms with E-state index in [1.165, 1.54) is 5.56 Å². The lowest BCUT2D eigenvalue weighted by Gasteiger charge is -2.11. The molecule has 2 nitrogen and oxygen atoms in total. The van der Waals surface area contributed by atoms with Gasteiger partial charge in [0.25, 0.3) is 0 Å². The zero-order chi connectivity index (χ0) is 11.5. The second kappa shape index (κ2) is 5.30. The smallest absolute Gasteiger partial charge is 0.123 e. The predicted molar refractivity (Wildman–Crippen MR) is 70.5 cm³/mol. The molecule has 0 fully saturated rings. The second-order valence-corrected chi connectivity index (χ2v) is 5.72. The van der Waals surface area contributed by atoms with Crippen LogP contribution in [0.25, 0.3) is 0 Å². The van der Waals surface area contributed by atoms with Crippen LogP contribution in [0.4, 0.5) is 0 Å². The second-order valence-electron chi connectivity index (χ2n) is 4.21. The van der Waals surface area contributed by atoms with E-state index in [0.717, 1.165) is 28.7 Å². The van der Waals surface area contributed by atoms with Crippen molar-refractivity contribution < 1.29 is 4.74 Å². The fourth-order valence-electron chi connectivity index (χ4n) is 1.77. The van der Waals surface area contributed by atoms with Crippen molar-refractivity contribution in [3.8, 4) is 5.75 Å². The molecular weight excluding hydrogens is 242 g/mol. The molecular formula is C12H16ClNOS. The summed E-state index contributed by atoms with van der Waals surface area (Å²) in [7, 11) is 0. The van der Waals surface area contributed by atoms with Gasteiger partial charge in [0.2, 0.25) is 0 Å². The minimum absolute atomic E-state index is 0.253. The highest BCUT2D eigenvalue weighted by Crippen LogP contribution is 2.32. The number of hydrogen-bond donors (Lipinski definition) is 1. The molecule has 16 heavy (non-hydrogen) atoms. The molecule has 0 bridgehead atoms. The zero-order valence-electron chi connectivity index (χ0n) is 9.28. The normalized spacial score (nSPS) is 20.3. The third-order valence-corrected chi connectivity index (χ3v) is 4.05. The van der Waals surface area contributed by atoms with E-state index in [2.05, 4.69) is 0 Å². The molecule has 0 saturated carbocycles. The maximum atomic E-state index is 5.94. The fraction of sp³-hybridized carbons (Fsp3) is 0.500. The molecule has 2 atom stereocenters. The summed E-state index contributed by atoms with van der Waals surface area (Å²) in [5.41, 5.74) is 6.92. The number of benzene rings is 1. The van der Waals surface area contributed by atoms with Crippen molar-refractivity contribution in [1.29, 1.82) is 0 Å². The van der Waals surface area contributed by atoms with Crippen molar-refractivity contribution in [3.63, 3.8) is 0 Å². The first kappa shape index (κ1) is 12.1. The van der Waals surface area contributed by atoms with Crippen LogP contribution in [0.1, 0.15) is 12.5 Å². The van der Waals surface area contributed by atoms with Gasteiger partial charge >= 0.3 is 0 Å². The van der Waals surface area contributed by atoms with E-state index < -0.39 is 0 Å². The maximum absolute atomic E-state index is 5.94. The minimum Gasteiger partial charge on any atom is -0.489 e. The van der Waals surface area contributed by atoms with Crippen molar-refractivity contribution in [2.45, 2.75) is 25.5 Å². The highest BCUT2D eigenvalue weighted by Gasteiger charge is 2.22. The summed E-state index contributed by atoms with van der Waals surface area (Å²) in [6, 6.07) is 6.07. The summed E-state index contributed by atoms with van der Waals surface area (Å²) in [5, 5.41) is 0.784. The molecule has 0 saturated heterocycles. The fourth-order valence-corrected chi connectivity index (χ4v) is 2.92. The SMILES string of the molecule is CC(N)CSCC1Cc2cc(Cl)ccc2O1. The van der Waals surface area contributed by atoms with Gasteiger partial charge in [0, 0.05) is 29.0 Å². The molecule has 1 aliphatic rings. The van der Waals surface area contributed by atoms with Crippen LogP contribution in [0.2, 0.25) is 5.02 Å². The molecule has 1 aromatic carbocycles. The van der Waals surface area contributed by atoms with Crippen LogP contribution in [-0.2, 0) is 6.42 Å². The number of rotatable bonds is 4. The van der Waals surface area contributed by atoms with Crippen LogP contribution < -0.4 is 10.5 Å². The first-order chi connectivity index (χ1) is 7.65. The average Bonchev–Trinajstić information content (AvgIpc) is 2.58. The Morgan fingerprint density at radius 1 is 1.62 bits per heavy atom. The Morgan fingerprint density at radius 2 is 2.44 bits per heavy atom. The maximum Gasteiger partial charge on any atom is 0.123 e. The molecule has 0 spiro atoms. The third kappa shape index (κ3) is 3.06. The number of thioether (sulfide) groups is 1.